The zero-order valence-corrected chi connectivity index (χ0v) is 31.2. The van der Waals surface area contributed by atoms with Crippen molar-refractivity contribution in [2.24, 2.45) is 5.92 Å². The van der Waals surface area contributed by atoms with E-state index in [1.807, 2.05) is 49.5 Å². The van der Waals surface area contributed by atoms with Gasteiger partial charge in [-0.3, -0.25) is 0 Å². The van der Waals surface area contributed by atoms with Gasteiger partial charge in [0.15, 0.2) is 0 Å². The molecule has 0 amide bonds. The Morgan fingerprint density at radius 1 is 0.891 bits per heavy atom. The fourth-order valence-electron chi connectivity index (χ4n) is 6.47. The first-order valence-electron chi connectivity index (χ1n) is 16.3. The summed E-state index contributed by atoms with van der Waals surface area (Å²) in [6, 6.07) is 29.3. The van der Waals surface area contributed by atoms with Crippen LogP contribution in [-0.2, 0) is 26.5 Å². The Balaban J connectivity index is 0.000000187. The largest absolute Gasteiger partial charge is 0.486 e. The number of pyridine rings is 3. The number of aromatic nitrogens is 3. The zero-order chi connectivity index (χ0) is 31.6. The van der Waals surface area contributed by atoms with E-state index in [2.05, 4.69) is 97.1 Å². The molecule has 0 aliphatic heterocycles. The normalized spacial score (nSPS) is 13.5. The van der Waals surface area contributed by atoms with Gasteiger partial charge in [-0.1, -0.05) is 93.4 Å². The van der Waals surface area contributed by atoms with E-state index in [1.165, 1.54) is 42.0 Å². The molecule has 1 radical (unpaired) electrons. The summed E-state index contributed by atoms with van der Waals surface area (Å²) >= 11 is 0. The van der Waals surface area contributed by atoms with Crippen molar-refractivity contribution in [3.05, 3.63) is 108 Å². The molecule has 1 saturated carbocycles. The van der Waals surface area contributed by atoms with E-state index in [0.29, 0.717) is 11.6 Å². The van der Waals surface area contributed by atoms with E-state index >= 15 is 0 Å². The molecule has 4 heterocycles. The van der Waals surface area contributed by atoms with Crippen molar-refractivity contribution in [2.75, 3.05) is 0 Å². The fraction of sp³-hybridized carbons (Fsp3) is 0.325. The second-order valence-electron chi connectivity index (χ2n) is 13.7. The van der Waals surface area contributed by atoms with Crippen molar-refractivity contribution >= 4 is 35.3 Å². The molecule has 4 nitrogen and oxygen atoms in total. The summed E-state index contributed by atoms with van der Waals surface area (Å²) in [6.07, 6.45) is 10.6. The minimum atomic E-state index is -1.34. The van der Waals surface area contributed by atoms with Crippen LogP contribution in [0.25, 0.3) is 44.6 Å². The summed E-state index contributed by atoms with van der Waals surface area (Å²) in [6.45, 7) is 13.6. The maximum atomic E-state index is 6.11. The molecule has 0 spiro atoms. The van der Waals surface area contributed by atoms with E-state index in [0.717, 1.165) is 56.9 Å². The van der Waals surface area contributed by atoms with Crippen LogP contribution in [0.5, 0.6) is 0 Å². The Kier molecular flexibility index (Phi) is 10.7. The third kappa shape index (κ3) is 7.57. The summed E-state index contributed by atoms with van der Waals surface area (Å²) < 4.78 is 6.11. The van der Waals surface area contributed by atoms with E-state index in [-0.39, 0.29) is 20.1 Å². The molecule has 1 fully saturated rings. The van der Waals surface area contributed by atoms with E-state index in [9.17, 15) is 0 Å². The summed E-state index contributed by atoms with van der Waals surface area (Å²) in [4.78, 5) is 13.8. The zero-order valence-electron chi connectivity index (χ0n) is 27.8. The van der Waals surface area contributed by atoms with Gasteiger partial charge in [-0.05, 0) is 60.0 Å². The topological polar surface area (TPSA) is 51.8 Å². The summed E-state index contributed by atoms with van der Waals surface area (Å²) in [5.74, 6) is 1.36. The molecule has 0 atom stereocenters. The Bertz CT molecular complexity index is 1920. The van der Waals surface area contributed by atoms with Gasteiger partial charge in [-0.2, -0.15) is 0 Å². The van der Waals surface area contributed by atoms with Gasteiger partial charge in [-0.15, -0.1) is 54.1 Å². The maximum Gasteiger partial charge on any atom is 0.216 e. The SMILES string of the molecule is CC(C)c1cc(-c2[c-]cccc2)ncc1[Si](C)(C)C.Cc1ccc2c(n1)oc1c(-c3cc(CC4CCCC4)ccn3)[c-]ccc12.[Ir]. The molecular formula is C40H43IrN3OSi-2. The van der Waals surface area contributed by atoms with Crippen molar-refractivity contribution in [3.8, 4) is 22.5 Å². The van der Waals surface area contributed by atoms with Crippen LogP contribution in [0.4, 0.5) is 0 Å². The first-order chi connectivity index (χ1) is 21.7. The van der Waals surface area contributed by atoms with Gasteiger partial charge < -0.3 is 14.4 Å². The van der Waals surface area contributed by atoms with E-state index < -0.39 is 8.07 Å². The maximum absolute atomic E-state index is 6.11. The third-order valence-electron chi connectivity index (χ3n) is 8.87. The van der Waals surface area contributed by atoms with Crippen LogP contribution >= 0.6 is 0 Å². The first-order valence-corrected chi connectivity index (χ1v) is 19.8. The number of furan rings is 1. The summed E-state index contributed by atoms with van der Waals surface area (Å²) in [5, 5.41) is 3.59. The second kappa shape index (κ2) is 14.5. The molecule has 6 aromatic rings. The summed E-state index contributed by atoms with van der Waals surface area (Å²) in [5.41, 5.74) is 9.23. The first kappa shape index (κ1) is 33.9. The molecule has 1 aliphatic rings. The molecule has 0 bridgehead atoms. The van der Waals surface area contributed by atoms with Gasteiger partial charge in [0.1, 0.15) is 0 Å². The number of benzene rings is 2. The molecule has 0 N–H and O–H groups in total. The molecule has 7 rings (SSSR count). The predicted octanol–water partition coefficient (Wildman–Crippen LogP) is 10.1. The molecular weight excluding hydrogens is 759 g/mol. The average molecular weight is 802 g/mol. The number of hydrogen-bond donors (Lipinski definition) is 0. The predicted molar refractivity (Wildman–Crippen MR) is 190 cm³/mol. The summed E-state index contributed by atoms with van der Waals surface area (Å²) in [7, 11) is -1.34. The number of aryl methyl sites for hydroxylation is 1. The molecule has 46 heavy (non-hydrogen) atoms. The van der Waals surface area contributed by atoms with Crippen molar-refractivity contribution in [2.45, 2.75) is 78.4 Å². The van der Waals surface area contributed by atoms with Crippen LogP contribution in [0.2, 0.25) is 19.6 Å². The minimum absolute atomic E-state index is 0. The van der Waals surface area contributed by atoms with Gasteiger partial charge in [0.05, 0.1) is 13.7 Å². The van der Waals surface area contributed by atoms with Gasteiger partial charge in [0, 0.05) is 43.6 Å². The Hall–Kier alpha value is -3.44. The molecule has 239 valence electrons. The molecule has 1 aliphatic carbocycles. The molecule has 6 heteroatoms. The van der Waals surface area contributed by atoms with Crippen LogP contribution in [0.1, 0.15) is 62.3 Å². The second-order valence-corrected chi connectivity index (χ2v) is 18.8. The van der Waals surface area contributed by atoms with Crippen LogP contribution in [0, 0.1) is 25.0 Å². The quantitative estimate of drug-likeness (QED) is 0.124. The number of nitrogens with zero attached hydrogens (tertiary/aromatic N) is 3. The molecule has 0 unspecified atom stereocenters. The number of hydrogen-bond acceptors (Lipinski definition) is 4. The van der Waals surface area contributed by atoms with Gasteiger partial charge in [-0.25, -0.2) is 4.98 Å². The van der Waals surface area contributed by atoms with E-state index in [1.54, 1.807) is 0 Å². The third-order valence-corrected chi connectivity index (χ3v) is 10.9. The number of fused-ring (bicyclic) bond motifs is 3. The van der Waals surface area contributed by atoms with E-state index in [4.69, 9.17) is 4.42 Å². The van der Waals surface area contributed by atoms with Crippen LogP contribution in [0.3, 0.4) is 0 Å². The van der Waals surface area contributed by atoms with Crippen molar-refractivity contribution in [3.63, 3.8) is 0 Å². The fourth-order valence-corrected chi connectivity index (χ4v) is 8.14. The van der Waals surface area contributed by atoms with Crippen molar-refractivity contribution < 1.29 is 24.5 Å². The monoisotopic (exact) mass is 802 g/mol. The molecule has 0 saturated heterocycles. The molecule has 4 aromatic heterocycles. The van der Waals surface area contributed by atoms with Crippen LogP contribution < -0.4 is 5.19 Å². The van der Waals surface area contributed by atoms with Crippen molar-refractivity contribution in [1.29, 1.82) is 0 Å². The van der Waals surface area contributed by atoms with Crippen LogP contribution in [0.15, 0.2) is 83.5 Å². The standard InChI is InChI=1S/C23H21N2O.C17H22NSi.Ir/c1-15-9-10-19-18-7-4-8-20(22(18)26-23(19)25-15)21-14-17(11-12-24-21)13-16-5-2-3-6-16;1-13(2)15-11-16(14-9-7-6-8-10-14)18-12-17(15)19(3,4)5;/h4,7,9-12,14,16H,2-3,5-6,13H2,1H3;6-9,11-13H,1-5H3;/q2*-1;. The minimum Gasteiger partial charge on any atom is -0.486 e. The Morgan fingerprint density at radius 3 is 2.41 bits per heavy atom. The molecule has 2 aromatic carbocycles. The van der Waals surface area contributed by atoms with Gasteiger partial charge >= 0.3 is 0 Å². The Labute approximate surface area is 288 Å². The van der Waals surface area contributed by atoms with Gasteiger partial charge in [0.2, 0.25) is 5.71 Å². The van der Waals surface area contributed by atoms with Crippen molar-refractivity contribution in [1.82, 2.24) is 15.0 Å². The van der Waals surface area contributed by atoms with Gasteiger partial charge in [0.25, 0.3) is 0 Å². The smallest absolute Gasteiger partial charge is 0.216 e. The number of rotatable bonds is 6. The average Bonchev–Trinajstić information content (AvgIpc) is 3.68. The van der Waals surface area contributed by atoms with Crippen LogP contribution in [-0.4, -0.2) is 23.0 Å². The Morgan fingerprint density at radius 2 is 1.70 bits per heavy atom.